The molecule has 1 N–H and O–H groups in total. The van der Waals surface area contributed by atoms with Crippen LogP contribution in [-0.4, -0.2) is 24.1 Å². The lowest BCUT2D eigenvalue weighted by Gasteiger charge is -2.11. The number of carbonyl (C=O) groups excluding carboxylic acids is 1. The smallest absolute Gasteiger partial charge is 0.165 e. The Morgan fingerprint density at radius 2 is 1.45 bits per heavy atom. The standard InChI is InChI=1S/C29H34O4/c1-32-27-17-13-23(14-18-27)9-5-2-3-8-12-26(30)21-29(31)25-15-19-28(20-16-25)33-22-24-10-6-4-7-11-24/h4,6-7,10-11,13-20,26,30H,2-3,5,8-9,12,21-22H2,1H3. The number of unbranched alkanes of at least 4 members (excludes halogenated alkanes) is 3. The molecule has 3 aromatic rings. The van der Waals surface area contributed by atoms with Crippen LogP contribution in [-0.2, 0) is 13.0 Å². The van der Waals surface area contributed by atoms with Gasteiger partial charge in [-0.3, -0.25) is 4.79 Å². The lowest BCUT2D eigenvalue weighted by atomic mass is 10.00. The maximum absolute atomic E-state index is 12.5. The number of hydrogen-bond donors (Lipinski definition) is 1. The Morgan fingerprint density at radius 3 is 2.15 bits per heavy atom. The summed E-state index contributed by atoms with van der Waals surface area (Å²) < 4.78 is 10.9. The summed E-state index contributed by atoms with van der Waals surface area (Å²) >= 11 is 0. The predicted octanol–water partition coefficient (Wildman–Crippen LogP) is 6.40. The minimum absolute atomic E-state index is 0.0309. The van der Waals surface area contributed by atoms with E-state index in [2.05, 4.69) is 12.1 Å². The number of rotatable bonds is 14. The molecular formula is C29H34O4. The lowest BCUT2D eigenvalue weighted by molar-refractivity contribution is 0.0864. The molecular weight excluding hydrogens is 412 g/mol. The Labute approximate surface area is 197 Å². The number of methoxy groups -OCH3 is 1. The molecule has 0 aliphatic heterocycles. The number of aliphatic hydroxyl groups is 1. The first-order valence-electron chi connectivity index (χ1n) is 11.7. The Morgan fingerprint density at radius 1 is 0.788 bits per heavy atom. The summed E-state index contributed by atoms with van der Waals surface area (Å²) in [4.78, 5) is 12.5. The number of aryl methyl sites for hydroxylation is 1. The summed E-state index contributed by atoms with van der Waals surface area (Å²) in [6.07, 6.45) is 5.53. The molecule has 0 aliphatic carbocycles. The number of ether oxygens (including phenoxy) is 2. The molecule has 4 heteroatoms. The predicted molar refractivity (Wildman–Crippen MR) is 132 cm³/mol. The second-order valence-electron chi connectivity index (χ2n) is 8.38. The van der Waals surface area contributed by atoms with Crippen LogP contribution in [0.3, 0.4) is 0 Å². The van der Waals surface area contributed by atoms with E-state index >= 15 is 0 Å². The summed E-state index contributed by atoms with van der Waals surface area (Å²) in [6, 6.07) is 25.3. The summed E-state index contributed by atoms with van der Waals surface area (Å²) in [7, 11) is 1.68. The molecule has 0 amide bonds. The number of aliphatic hydroxyl groups excluding tert-OH is 1. The molecule has 4 nitrogen and oxygen atoms in total. The van der Waals surface area contributed by atoms with Crippen LogP contribution in [0.5, 0.6) is 11.5 Å². The van der Waals surface area contributed by atoms with E-state index in [1.165, 1.54) is 5.56 Å². The van der Waals surface area contributed by atoms with E-state index in [9.17, 15) is 9.90 Å². The molecule has 0 aliphatic rings. The third kappa shape index (κ3) is 8.74. The summed E-state index contributed by atoms with van der Waals surface area (Å²) in [5.41, 5.74) is 3.03. The largest absolute Gasteiger partial charge is 0.497 e. The first kappa shape index (κ1) is 24.5. The summed E-state index contributed by atoms with van der Waals surface area (Å²) in [6.45, 7) is 0.493. The van der Waals surface area contributed by atoms with Gasteiger partial charge in [0, 0.05) is 12.0 Å². The first-order chi connectivity index (χ1) is 16.1. The molecule has 0 radical (unpaired) electrons. The van der Waals surface area contributed by atoms with Crippen LogP contribution in [0.15, 0.2) is 78.9 Å². The van der Waals surface area contributed by atoms with Crippen molar-refractivity contribution in [2.45, 2.75) is 57.7 Å². The minimum Gasteiger partial charge on any atom is -0.497 e. The van der Waals surface area contributed by atoms with Gasteiger partial charge in [0.2, 0.25) is 0 Å². The van der Waals surface area contributed by atoms with E-state index in [1.54, 1.807) is 19.2 Å². The Hall–Kier alpha value is -3.11. The number of carbonyl (C=O) groups is 1. The average molecular weight is 447 g/mol. The molecule has 1 atom stereocenters. The van der Waals surface area contributed by atoms with Crippen molar-refractivity contribution in [3.63, 3.8) is 0 Å². The zero-order valence-electron chi connectivity index (χ0n) is 19.4. The van der Waals surface area contributed by atoms with Crippen molar-refractivity contribution in [1.82, 2.24) is 0 Å². The van der Waals surface area contributed by atoms with Crippen LogP contribution in [0.4, 0.5) is 0 Å². The zero-order chi connectivity index (χ0) is 23.3. The molecule has 3 aromatic carbocycles. The highest BCUT2D eigenvalue weighted by atomic mass is 16.5. The highest BCUT2D eigenvalue weighted by Crippen LogP contribution is 2.18. The second-order valence-corrected chi connectivity index (χ2v) is 8.38. The lowest BCUT2D eigenvalue weighted by Crippen LogP contribution is -2.13. The normalized spacial score (nSPS) is 11.7. The van der Waals surface area contributed by atoms with Gasteiger partial charge >= 0.3 is 0 Å². The fourth-order valence-electron chi connectivity index (χ4n) is 3.77. The van der Waals surface area contributed by atoms with E-state index in [-0.39, 0.29) is 12.2 Å². The van der Waals surface area contributed by atoms with Crippen LogP contribution < -0.4 is 9.47 Å². The molecule has 0 bridgehead atoms. The quantitative estimate of drug-likeness (QED) is 0.230. The van der Waals surface area contributed by atoms with Gasteiger partial charge in [0.05, 0.1) is 13.2 Å². The molecule has 1 unspecified atom stereocenters. The number of ketones is 1. The van der Waals surface area contributed by atoms with Gasteiger partial charge in [-0.05, 0) is 66.8 Å². The summed E-state index contributed by atoms with van der Waals surface area (Å²) in [5.74, 6) is 1.58. The number of Topliss-reactive ketones (excluding diaryl/α,β-unsaturated/α-hetero) is 1. The average Bonchev–Trinajstić information content (AvgIpc) is 2.86. The maximum atomic E-state index is 12.5. The van der Waals surface area contributed by atoms with E-state index < -0.39 is 6.10 Å². The second kappa shape index (κ2) is 13.4. The van der Waals surface area contributed by atoms with Crippen LogP contribution in [0.2, 0.25) is 0 Å². The van der Waals surface area contributed by atoms with E-state index in [0.717, 1.165) is 49.2 Å². The molecule has 0 aromatic heterocycles. The van der Waals surface area contributed by atoms with Crippen LogP contribution >= 0.6 is 0 Å². The topological polar surface area (TPSA) is 55.8 Å². The SMILES string of the molecule is COc1ccc(CCCCCCC(O)CC(=O)c2ccc(OCc3ccccc3)cc2)cc1. The van der Waals surface area contributed by atoms with Gasteiger partial charge < -0.3 is 14.6 Å². The third-order valence-corrected chi connectivity index (χ3v) is 5.76. The zero-order valence-corrected chi connectivity index (χ0v) is 19.4. The van der Waals surface area contributed by atoms with Crippen molar-refractivity contribution in [1.29, 1.82) is 0 Å². The number of hydrogen-bond acceptors (Lipinski definition) is 4. The van der Waals surface area contributed by atoms with Crippen molar-refractivity contribution >= 4 is 5.78 Å². The van der Waals surface area contributed by atoms with Gasteiger partial charge in [0.25, 0.3) is 0 Å². The fourth-order valence-corrected chi connectivity index (χ4v) is 3.77. The van der Waals surface area contributed by atoms with Crippen molar-refractivity contribution in [2.75, 3.05) is 7.11 Å². The highest BCUT2D eigenvalue weighted by Gasteiger charge is 2.13. The first-order valence-corrected chi connectivity index (χ1v) is 11.7. The van der Waals surface area contributed by atoms with Crippen molar-refractivity contribution < 1.29 is 19.4 Å². The molecule has 0 fully saturated rings. The molecule has 0 saturated heterocycles. The van der Waals surface area contributed by atoms with Gasteiger partial charge in [0.1, 0.15) is 18.1 Å². The van der Waals surface area contributed by atoms with Gasteiger partial charge in [0.15, 0.2) is 5.78 Å². The van der Waals surface area contributed by atoms with Crippen LogP contribution in [0.25, 0.3) is 0 Å². The van der Waals surface area contributed by atoms with E-state index in [4.69, 9.17) is 9.47 Å². The van der Waals surface area contributed by atoms with Gasteiger partial charge in [-0.25, -0.2) is 0 Å². The summed E-state index contributed by atoms with van der Waals surface area (Å²) in [5, 5.41) is 10.3. The number of benzene rings is 3. The van der Waals surface area contributed by atoms with Gasteiger partial charge in [-0.1, -0.05) is 61.7 Å². The van der Waals surface area contributed by atoms with Crippen molar-refractivity contribution in [2.24, 2.45) is 0 Å². The van der Waals surface area contributed by atoms with E-state index in [1.807, 2.05) is 54.6 Å². The molecule has 0 saturated carbocycles. The Balaban J connectivity index is 1.29. The van der Waals surface area contributed by atoms with Crippen LogP contribution in [0, 0.1) is 0 Å². The minimum atomic E-state index is -0.590. The molecule has 0 heterocycles. The third-order valence-electron chi connectivity index (χ3n) is 5.76. The molecule has 3 rings (SSSR count). The molecule has 0 spiro atoms. The van der Waals surface area contributed by atoms with Gasteiger partial charge in [-0.15, -0.1) is 0 Å². The highest BCUT2D eigenvalue weighted by molar-refractivity contribution is 5.96. The Bertz CT molecular complexity index is 949. The fraction of sp³-hybridized carbons (Fsp3) is 0.345. The molecule has 33 heavy (non-hydrogen) atoms. The van der Waals surface area contributed by atoms with Crippen molar-refractivity contribution in [3.05, 3.63) is 95.6 Å². The van der Waals surface area contributed by atoms with Gasteiger partial charge in [-0.2, -0.15) is 0 Å². The van der Waals surface area contributed by atoms with E-state index in [0.29, 0.717) is 18.6 Å². The Kier molecular flexibility index (Phi) is 9.99. The van der Waals surface area contributed by atoms with Crippen LogP contribution in [0.1, 0.15) is 60.0 Å². The monoisotopic (exact) mass is 446 g/mol. The molecule has 174 valence electrons. The maximum Gasteiger partial charge on any atom is 0.165 e. The van der Waals surface area contributed by atoms with Crippen molar-refractivity contribution in [3.8, 4) is 11.5 Å².